The van der Waals surface area contributed by atoms with Crippen molar-refractivity contribution in [3.05, 3.63) is 32.7 Å². The maximum absolute atomic E-state index is 12.5. The fourth-order valence-electron chi connectivity index (χ4n) is 2.93. The third kappa shape index (κ3) is 4.08. The smallest absolute Gasteiger partial charge is 0.251 e. The van der Waals surface area contributed by atoms with Crippen LogP contribution in [0.2, 0.25) is 0 Å². The molecule has 0 aliphatic heterocycles. The second-order valence-corrected chi connectivity index (χ2v) is 8.12. The minimum absolute atomic E-state index is 0.000509. The Morgan fingerprint density at radius 2 is 2.00 bits per heavy atom. The van der Waals surface area contributed by atoms with Crippen LogP contribution in [0.3, 0.4) is 0 Å². The van der Waals surface area contributed by atoms with Crippen molar-refractivity contribution in [1.29, 1.82) is 0 Å². The third-order valence-corrected chi connectivity index (χ3v) is 5.84. The molecule has 110 valence electrons. The number of halogens is 3. The van der Waals surface area contributed by atoms with Gasteiger partial charge in [-0.1, -0.05) is 67.6 Å². The van der Waals surface area contributed by atoms with Crippen LogP contribution in [-0.4, -0.2) is 16.8 Å². The summed E-state index contributed by atoms with van der Waals surface area (Å²) in [5.41, 5.74) is 0.577. The lowest BCUT2D eigenvalue weighted by molar-refractivity contribution is 0.0869. The zero-order valence-corrected chi connectivity index (χ0v) is 16.1. The van der Waals surface area contributed by atoms with Crippen LogP contribution in [0.25, 0.3) is 0 Å². The van der Waals surface area contributed by atoms with Gasteiger partial charge in [-0.2, -0.15) is 0 Å². The molecule has 20 heavy (non-hydrogen) atoms. The molecule has 2 unspecified atom stereocenters. The summed E-state index contributed by atoms with van der Waals surface area (Å²) in [6.07, 6.45) is 4.52. The van der Waals surface area contributed by atoms with E-state index in [-0.39, 0.29) is 11.4 Å². The molecule has 0 aromatic heterocycles. The van der Waals surface area contributed by atoms with Crippen molar-refractivity contribution in [2.45, 2.75) is 38.1 Å². The predicted octanol–water partition coefficient (Wildman–Crippen LogP) is 5.29. The molecule has 1 saturated carbocycles. The first-order valence-corrected chi connectivity index (χ1v) is 9.49. The summed E-state index contributed by atoms with van der Waals surface area (Å²) in [5, 5.41) is 4.07. The molecule has 1 aromatic carbocycles. The molecule has 2 nitrogen and oxygen atoms in total. The summed E-state index contributed by atoms with van der Waals surface area (Å²) in [4.78, 5) is 12.5. The average molecular weight is 468 g/mol. The van der Waals surface area contributed by atoms with E-state index in [0.29, 0.717) is 11.5 Å². The highest BCUT2D eigenvalue weighted by molar-refractivity contribution is 9.11. The summed E-state index contributed by atoms with van der Waals surface area (Å²) in [6.45, 7) is 2.26. The number of rotatable bonds is 3. The molecule has 5 heteroatoms. The Kier molecular flexibility index (Phi) is 5.71. The fraction of sp³-hybridized carbons (Fsp3) is 0.533. The van der Waals surface area contributed by atoms with E-state index < -0.39 is 0 Å². The molecule has 0 heterocycles. The van der Waals surface area contributed by atoms with Crippen LogP contribution >= 0.6 is 47.8 Å². The minimum atomic E-state index is -0.108. The van der Waals surface area contributed by atoms with Crippen molar-refractivity contribution in [3.63, 3.8) is 0 Å². The normalized spacial score (nSPS) is 26.3. The minimum Gasteiger partial charge on any atom is -0.346 e. The van der Waals surface area contributed by atoms with Crippen LogP contribution in [0.4, 0.5) is 0 Å². The highest BCUT2D eigenvalue weighted by Crippen LogP contribution is 2.34. The van der Waals surface area contributed by atoms with Crippen molar-refractivity contribution in [3.8, 4) is 0 Å². The summed E-state index contributed by atoms with van der Waals surface area (Å²) in [5.74, 6) is 0.663. The molecule has 1 aromatic rings. The Morgan fingerprint density at radius 1 is 1.35 bits per heavy atom. The van der Waals surface area contributed by atoms with Gasteiger partial charge in [-0.05, 0) is 37.0 Å². The van der Waals surface area contributed by atoms with Crippen molar-refractivity contribution < 1.29 is 4.79 Å². The van der Waals surface area contributed by atoms with E-state index in [1.165, 1.54) is 12.8 Å². The number of hydrogen-bond donors (Lipinski definition) is 1. The molecule has 1 N–H and O–H groups in total. The van der Waals surface area contributed by atoms with Crippen molar-refractivity contribution in [2.75, 3.05) is 5.33 Å². The van der Waals surface area contributed by atoms with Crippen LogP contribution in [-0.2, 0) is 0 Å². The molecule has 0 bridgehead atoms. The zero-order chi connectivity index (χ0) is 14.8. The SMILES string of the molecule is CC1CCCC(CBr)(NC(=O)c2cc(Br)cc(Br)c2)C1. The van der Waals surface area contributed by atoms with Gasteiger partial charge in [0.05, 0.1) is 5.54 Å². The Hall–Kier alpha value is 0.130. The fourth-order valence-corrected chi connectivity index (χ4v) is 4.87. The van der Waals surface area contributed by atoms with Gasteiger partial charge in [0.25, 0.3) is 5.91 Å². The maximum Gasteiger partial charge on any atom is 0.251 e. The molecule has 1 aliphatic carbocycles. The van der Waals surface area contributed by atoms with E-state index in [2.05, 4.69) is 60.0 Å². The molecule has 2 atom stereocenters. The van der Waals surface area contributed by atoms with E-state index in [1.807, 2.05) is 18.2 Å². The lowest BCUT2D eigenvalue weighted by atomic mass is 9.77. The van der Waals surface area contributed by atoms with Crippen LogP contribution < -0.4 is 5.32 Å². The molecule has 1 amide bonds. The van der Waals surface area contributed by atoms with Gasteiger partial charge in [0.1, 0.15) is 0 Å². The Bertz CT molecular complexity index is 486. The van der Waals surface area contributed by atoms with E-state index in [1.54, 1.807) is 0 Å². The summed E-state index contributed by atoms with van der Waals surface area (Å²) in [6, 6.07) is 5.64. The summed E-state index contributed by atoms with van der Waals surface area (Å²) < 4.78 is 1.81. The monoisotopic (exact) mass is 465 g/mol. The second kappa shape index (κ2) is 6.93. The first kappa shape index (κ1) is 16.5. The first-order valence-electron chi connectivity index (χ1n) is 6.79. The quantitative estimate of drug-likeness (QED) is 0.601. The van der Waals surface area contributed by atoms with Gasteiger partial charge >= 0.3 is 0 Å². The Morgan fingerprint density at radius 3 is 2.55 bits per heavy atom. The number of amides is 1. The second-order valence-electron chi connectivity index (χ2n) is 5.73. The van der Waals surface area contributed by atoms with E-state index in [0.717, 1.165) is 27.1 Å². The maximum atomic E-state index is 12.5. The van der Waals surface area contributed by atoms with E-state index in [4.69, 9.17) is 0 Å². The highest BCUT2D eigenvalue weighted by atomic mass is 79.9. The molecule has 0 saturated heterocycles. The largest absolute Gasteiger partial charge is 0.346 e. The number of benzene rings is 1. The van der Waals surface area contributed by atoms with Crippen LogP contribution in [0, 0.1) is 5.92 Å². The van der Waals surface area contributed by atoms with Crippen LogP contribution in [0.5, 0.6) is 0 Å². The molecular weight excluding hydrogens is 450 g/mol. The Labute approximate surface area is 145 Å². The number of alkyl halides is 1. The van der Waals surface area contributed by atoms with Gasteiger partial charge in [-0.15, -0.1) is 0 Å². The van der Waals surface area contributed by atoms with Crippen LogP contribution in [0.1, 0.15) is 43.0 Å². The molecule has 0 spiro atoms. The number of carbonyl (C=O) groups is 1. The topological polar surface area (TPSA) is 29.1 Å². The molecular formula is C15H18Br3NO. The van der Waals surface area contributed by atoms with Gasteiger partial charge in [0.2, 0.25) is 0 Å². The van der Waals surface area contributed by atoms with Crippen LogP contribution in [0.15, 0.2) is 27.1 Å². The average Bonchev–Trinajstić information content (AvgIpc) is 2.37. The van der Waals surface area contributed by atoms with Gasteiger partial charge in [0, 0.05) is 19.8 Å². The molecule has 2 rings (SSSR count). The molecule has 1 aliphatic rings. The van der Waals surface area contributed by atoms with Crippen molar-refractivity contribution in [1.82, 2.24) is 5.32 Å². The summed E-state index contributed by atoms with van der Waals surface area (Å²) >= 11 is 10.4. The van der Waals surface area contributed by atoms with E-state index >= 15 is 0 Å². The van der Waals surface area contributed by atoms with E-state index in [9.17, 15) is 4.79 Å². The van der Waals surface area contributed by atoms with Crippen molar-refractivity contribution >= 4 is 53.7 Å². The lowest BCUT2D eigenvalue weighted by Gasteiger charge is -2.39. The predicted molar refractivity (Wildman–Crippen MR) is 93.5 cm³/mol. The Balaban J connectivity index is 2.16. The number of hydrogen-bond acceptors (Lipinski definition) is 1. The van der Waals surface area contributed by atoms with Crippen molar-refractivity contribution in [2.24, 2.45) is 5.92 Å². The molecule has 0 radical (unpaired) electrons. The summed E-state index contributed by atoms with van der Waals surface area (Å²) in [7, 11) is 0. The number of carbonyl (C=O) groups excluding carboxylic acids is 1. The standard InChI is InChI=1S/C15H18Br3NO/c1-10-3-2-4-15(8-10,9-16)19-14(20)11-5-12(17)7-13(18)6-11/h5-7,10H,2-4,8-9H2,1H3,(H,19,20). The first-order chi connectivity index (χ1) is 9.44. The van der Waals surface area contributed by atoms with Gasteiger partial charge in [-0.25, -0.2) is 0 Å². The zero-order valence-electron chi connectivity index (χ0n) is 11.4. The number of nitrogens with one attached hydrogen (secondary N) is 1. The third-order valence-electron chi connectivity index (χ3n) is 3.85. The van der Waals surface area contributed by atoms with Gasteiger partial charge in [0.15, 0.2) is 0 Å². The molecule has 1 fully saturated rings. The lowest BCUT2D eigenvalue weighted by Crippen LogP contribution is -2.52. The van der Waals surface area contributed by atoms with Gasteiger partial charge < -0.3 is 5.32 Å². The highest BCUT2D eigenvalue weighted by Gasteiger charge is 2.35. The van der Waals surface area contributed by atoms with Gasteiger partial charge in [-0.3, -0.25) is 4.79 Å².